The molecule has 4 rings (SSSR count). The molecular formula is C20H27N5O. The molecule has 0 spiro atoms. The van der Waals surface area contributed by atoms with Crippen molar-refractivity contribution in [1.29, 1.82) is 0 Å². The number of hydrogen-bond acceptors (Lipinski definition) is 4. The van der Waals surface area contributed by atoms with Crippen molar-refractivity contribution in [2.75, 3.05) is 13.1 Å². The number of aryl methyl sites for hydroxylation is 1. The van der Waals surface area contributed by atoms with Crippen LogP contribution in [-0.4, -0.2) is 50.7 Å². The summed E-state index contributed by atoms with van der Waals surface area (Å²) >= 11 is 0. The Labute approximate surface area is 154 Å². The van der Waals surface area contributed by atoms with E-state index >= 15 is 0 Å². The summed E-state index contributed by atoms with van der Waals surface area (Å²) < 4.78 is 2.21. The number of amides is 1. The molecule has 1 saturated heterocycles. The van der Waals surface area contributed by atoms with Gasteiger partial charge in [0, 0.05) is 43.7 Å². The highest BCUT2D eigenvalue weighted by atomic mass is 16.2. The molecule has 26 heavy (non-hydrogen) atoms. The highest BCUT2D eigenvalue weighted by Crippen LogP contribution is 2.23. The fourth-order valence-corrected chi connectivity index (χ4v) is 3.85. The van der Waals surface area contributed by atoms with Gasteiger partial charge >= 0.3 is 0 Å². The van der Waals surface area contributed by atoms with Crippen LogP contribution in [0.15, 0.2) is 30.3 Å². The fraction of sp³-hybridized carbons (Fsp3) is 0.550. The Morgan fingerprint density at radius 1 is 1.15 bits per heavy atom. The van der Waals surface area contributed by atoms with Crippen LogP contribution in [0.4, 0.5) is 0 Å². The number of hydrogen-bond donors (Lipinski definition) is 1. The van der Waals surface area contributed by atoms with Crippen LogP contribution in [0.2, 0.25) is 0 Å². The highest BCUT2D eigenvalue weighted by Gasteiger charge is 2.34. The molecule has 1 fully saturated rings. The Bertz CT molecular complexity index is 764. The summed E-state index contributed by atoms with van der Waals surface area (Å²) in [5, 5.41) is 12.1. The van der Waals surface area contributed by atoms with E-state index in [0.29, 0.717) is 6.04 Å². The molecule has 1 atom stereocenters. The van der Waals surface area contributed by atoms with Crippen LogP contribution in [-0.2, 0) is 17.8 Å². The largest absolute Gasteiger partial charge is 0.353 e. The van der Waals surface area contributed by atoms with Crippen molar-refractivity contribution >= 4 is 5.91 Å². The molecule has 6 nitrogen and oxygen atoms in total. The average molecular weight is 353 g/mol. The predicted octanol–water partition coefficient (Wildman–Crippen LogP) is 2.11. The highest BCUT2D eigenvalue weighted by molar-refractivity contribution is 5.80. The van der Waals surface area contributed by atoms with E-state index in [0.717, 1.165) is 56.1 Å². The summed E-state index contributed by atoms with van der Waals surface area (Å²) in [7, 11) is 0. The number of rotatable bonds is 4. The van der Waals surface area contributed by atoms with Gasteiger partial charge in [0.15, 0.2) is 5.82 Å². The van der Waals surface area contributed by atoms with Crippen molar-refractivity contribution in [2.45, 2.75) is 51.7 Å². The van der Waals surface area contributed by atoms with Crippen molar-refractivity contribution < 1.29 is 4.79 Å². The van der Waals surface area contributed by atoms with E-state index < -0.39 is 0 Å². The quantitative estimate of drug-likeness (QED) is 0.914. The SMILES string of the molecule is CC(C)N1CC(C(=O)NC2CCc3nnc(-c4ccccc4)n3CC2)C1. The molecule has 0 aliphatic carbocycles. The van der Waals surface area contributed by atoms with Crippen LogP contribution in [0.5, 0.6) is 0 Å². The van der Waals surface area contributed by atoms with Gasteiger partial charge in [0.05, 0.1) is 5.92 Å². The predicted molar refractivity (Wildman–Crippen MR) is 101 cm³/mol. The molecular weight excluding hydrogens is 326 g/mol. The van der Waals surface area contributed by atoms with Gasteiger partial charge in [-0.05, 0) is 26.7 Å². The van der Waals surface area contributed by atoms with Gasteiger partial charge < -0.3 is 9.88 Å². The Morgan fingerprint density at radius 3 is 2.65 bits per heavy atom. The molecule has 0 saturated carbocycles. The molecule has 0 radical (unpaired) electrons. The molecule has 6 heteroatoms. The summed E-state index contributed by atoms with van der Waals surface area (Å²) in [6.07, 6.45) is 2.71. The van der Waals surface area contributed by atoms with Crippen LogP contribution in [0, 0.1) is 5.92 Å². The van der Waals surface area contributed by atoms with E-state index in [2.05, 4.69) is 51.0 Å². The summed E-state index contributed by atoms with van der Waals surface area (Å²) in [6.45, 7) is 6.98. The summed E-state index contributed by atoms with van der Waals surface area (Å²) in [5.74, 6) is 2.32. The van der Waals surface area contributed by atoms with E-state index in [1.165, 1.54) is 0 Å². The molecule has 1 amide bonds. The lowest BCUT2D eigenvalue weighted by Crippen LogP contribution is -2.57. The van der Waals surface area contributed by atoms with Gasteiger partial charge in [-0.25, -0.2) is 0 Å². The minimum absolute atomic E-state index is 0.152. The first-order valence-corrected chi connectivity index (χ1v) is 9.63. The van der Waals surface area contributed by atoms with Crippen LogP contribution >= 0.6 is 0 Å². The number of benzene rings is 1. The fourth-order valence-electron chi connectivity index (χ4n) is 3.85. The van der Waals surface area contributed by atoms with Gasteiger partial charge in [0.2, 0.25) is 5.91 Å². The molecule has 1 unspecified atom stereocenters. The lowest BCUT2D eigenvalue weighted by molar-refractivity contribution is -0.131. The Hall–Kier alpha value is -2.21. The van der Waals surface area contributed by atoms with Gasteiger partial charge in [0.1, 0.15) is 5.82 Å². The third-order valence-electron chi connectivity index (χ3n) is 5.63. The van der Waals surface area contributed by atoms with Gasteiger partial charge in [-0.15, -0.1) is 10.2 Å². The lowest BCUT2D eigenvalue weighted by atomic mass is 9.96. The second-order valence-corrected chi connectivity index (χ2v) is 7.73. The van der Waals surface area contributed by atoms with E-state index in [-0.39, 0.29) is 17.9 Å². The molecule has 2 aliphatic rings. The first-order chi connectivity index (χ1) is 12.6. The maximum atomic E-state index is 12.5. The number of carbonyl (C=O) groups excluding carboxylic acids is 1. The number of nitrogens with one attached hydrogen (secondary N) is 1. The molecule has 2 aliphatic heterocycles. The third kappa shape index (κ3) is 3.38. The Kier molecular flexibility index (Phi) is 4.76. The van der Waals surface area contributed by atoms with Crippen molar-refractivity contribution in [3.8, 4) is 11.4 Å². The number of likely N-dealkylation sites (tertiary alicyclic amines) is 1. The molecule has 1 aromatic heterocycles. The normalized spacial score (nSPS) is 21.1. The zero-order chi connectivity index (χ0) is 18.1. The minimum Gasteiger partial charge on any atom is -0.353 e. The molecule has 0 bridgehead atoms. The van der Waals surface area contributed by atoms with E-state index in [4.69, 9.17) is 0 Å². The number of nitrogens with zero attached hydrogens (tertiary/aromatic N) is 4. The van der Waals surface area contributed by atoms with Gasteiger partial charge in [0.25, 0.3) is 0 Å². The molecule has 2 aromatic rings. The molecule has 138 valence electrons. The van der Waals surface area contributed by atoms with Crippen LogP contribution in [0.3, 0.4) is 0 Å². The van der Waals surface area contributed by atoms with Gasteiger partial charge in [-0.2, -0.15) is 0 Å². The van der Waals surface area contributed by atoms with E-state index in [9.17, 15) is 4.79 Å². The van der Waals surface area contributed by atoms with Crippen molar-refractivity contribution in [1.82, 2.24) is 25.0 Å². The molecule has 3 heterocycles. The summed E-state index contributed by atoms with van der Waals surface area (Å²) in [4.78, 5) is 14.8. The zero-order valence-corrected chi connectivity index (χ0v) is 15.6. The van der Waals surface area contributed by atoms with Crippen molar-refractivity contribution in [2.24, 2.45) is 5.92 Å². The van der Waals surface area contributed by atoms with Crippen LogP contribution in [0.1, 0.15) is 32.5 Å². The first kappa shape index (κ1) is 17.2. The number of aromatic nitrogens is 3. The smallest absolute Gasteiger partial charge is 0.225 e. The first-order valence-electron chi connectivity index (χ1n) is 9.63. The topological polar surface area (TPSA) is 63.1 Å². The summed E-state index contributed by atoms with van der Waals surface area (Å²) in [5.41, 5.74) is 1.09. The second kappa shape index (κ2) is 7.19. The van der Waals surface area contributed by atoms with Crippen molar-refractivity contribution in [3.05, 3.63) is 36.2 Å². The third-order valence-corrected chi connectivity index (χ3v) is 5.63. The number of carbonyl (C=O) groups is 1. The second-order valence-electron chi connectivity index (χ2n) is 7.73. The minimum atomic E-state index is 0.152. The Balaban J connectivity index is 1.37. The maximum absolute atomic E-state index is 12.5. The monoisotopic (exact) mass is 353 g/mol. The maximum Gasteiger partial charge on any atom is 0.225 e. The van der Waals surface area contributed by atoms with E-state index in [1.54, 1.807) is 0 Å². The van der Waals surface area contributed by atoms with Gasteiger partial charge in [-0.1, -0.05) is 30.3 Å². The average Bonchev–Trinajstić information content (AvgIpc) is 2.89. The van der Waals surface area contributed by atoms with Crippen LogP contribution < -0.4 is 5.32 Å². The van der Waals surface area contributed by atoms with Gasteiger partial charge in [-0.3, -0.25) is 9.69 Å². The standard InChI is InChI=1S/C20H27N5O/c1-14(2)24-12-16(13-24)20(26)21-17-8-9-18-22-23-19(25(18)11-10-17)15-6-4-3-5-7-15/h3-7,14,16-17H,8-13H2,1-2H3,(H,21,26). The molecule has 1 N–H and O–H groups in total. The van der Waals surface area contributed by atoms with E-state index in [1.807, 2.05) is 18.2 Å². The zero-order valence-electron chi connectivity index (χ0n) is 15.6. The van der Waals surface area contributed by atoms with Crippen LogP contribution in [0.25, 0.3) is 11.4 Å². The molecule has 1 aromatic carbocycles. The lowest BCUT2D eigenvalue weighted by Gasteiger charge is -2.41. The summed E-state index contributed by atoms with van der Waals surface area (Å²) in [6, 6.07) is 10.9. The number of fused-ring (bicyclic) bond motifs is 1. The Morgan fingerprint density at radius 2 is 1.92 bits per heavy atom. The van der Waals surface area contributed by atoms with Crippen molar-refractivity contribution in [3.63, 3.8) is 0 Å².